The predicted octanol–water partition coefficient (Wildman–Crippen LogP) is 2.02. The monoisotopic (exact) mass is 475 g/mol. The fraction of sp³-hybridized carbons (Fsp3) is 0. The Morgan fingerprint density at radius 1 is 1.39 bits per heavy atom. The summed E-state index contributed by atoms with van der Waals surface area (Å²) in [4.78, 5) is 20.5. The number of nitrogens with zero attached hydrogens (tertiary/aromatic N) is 3. The number of rotatable bonds is 4. The van der Waals surface area contributed by atoms with E-state index < -0.39 is 0 Å². The van der Waals surface area contributed by atoms with Crippen LogP contribution in [0.3, 0.4) is 0 Å². The van der Waals surface area contributed by atoms with Crippen LogP contribution in [0.15, 0.2) is 65.0 Å². The van der Waals surface area contributed by atoms with Crippen LogP contribution in [-0.4, -0.2) is 25.1 Å². The van der Waals surface area contributed by atoms with Crippen molar-refractivity contribution in [2.45, 2.75) is 0 Å². The Bertz CT molecular complexity index is 956. The Kier molecular flexibility index (Phi) is 4.44. The van der Waals surface area contributed by atoms with Crippen molar-refractivity contribution in [3.8, 4) is 5.69 Å². The van der Waals surface area contributed by atoms with Crippen LogP contribution >= 0.6 is 0 Å². The molecule has 0 saturated heterocycles. The molecule has 0 aliphatic carbocycles. The number of aromatic amines is 1. The zero-order chi connectivity index (χ0) is 16.2. The zero-order valence-electron chi connectivity index (χ0n) is 12.1. The van der Waals surface area contributed by atoms with Crippen LogP contribution in [0.1, 0.15) is 0 Å². The van der Waals surface area contributed by atoms with Crippen molar-refractivity contribution < 1.29 is 19.4 Å². The SMILES string of the molecule is C=CC(=N[CH]=[W])Nc1cc2c(cn1)c(=O)[nH]n2-c1ccccc1. The molecule has 0 atom stereocenters. The van der Waals surface area contributed by atoms with E-state index in [9.17, 15) is 4.79 Å². The third-order valence-corrected chi connectivity index (χ3v) is 3.62. The first kappa shape index (κ1) is 15.3. The van der Waals surface area contributed by atoms with E-state index in [1.54, 1.807) is 21.5 Å². The molecule has 2 aromatic heterocycles. The van der Waals surface area contributed by atoms with Crippen LogP contribution in [0, 0.1) is 0 Å². The molecule has 3 aromatic rings. The van der Waals surface area contributed by atoms with Crippen molar-refractivity contribution in [1.29, 1.82) is 0 Å². The van der Waals surface area contributed by atoms with Gasteiger partial charge in [-0.2, -0.15) is 0 Å². The van der Waals surface area contributed by atoms with E-state index in [2.05, 4.69) is 27.0 Å². The van der Waals surface area contributed by atoms with Crippen molar-refractivity contribution in [1.82, 2.24) is 14.8 Å². The summed E-state index contributed by atoms with van der Waals surface area (Å²) in [6.45, 7) is 3.71. The van der Waals surface area contributed by atoms with Crippen LogP contribution in [0.5, 0.6) is 0 Å². The van der Waals surface area contributed by atoms with Crippen LogP contribution in [0.25, 0.3) is 16.6 Å². The van der Waals surface area contributed by atoms with Gasteiger partial charge in [0.25, 0.3) is 0 Å². The summed E-state index contributed by atoms with van der Waals surface area (Å²) >= 11 is 1.24. The molecule has 1 aromatic carbocycles. The van der Waals surface area contributed by atoms with E-state index in [1.165, 1.54) is 19.4 Å². The fourth-order valence-corrected chi connectivity index (χ4v) is 2.61. The molecule has 0 aliphatic rings. The molecule has 2 N–H and O–H groups in total. The Morgan fingerprint density at radius 2 is 2.17 bits per heavy atom. The number of pyridine rings is 1. The summed E-state index contributed by atoms with van der Waals surface area (Å²) in [6, 6.07) is 11.4. The summed E-state index contributed by atoms with van der Waals surface area (Å²) in [5.74, 6) is 1.20. The van der Waals surface area contributed by atoms with E-state index in [0.29, 0.717) is 17.0 Å². The first-order valence-electron chi connectivity index (χ1n) is 6.80. The molecule has 0 unspecified atom stereocenters. The summed E-state index contributed by atoms with van der Waals surface area (Å²) in [7, 11) is 0. The summed E-state index contributed by atoms with van der Waals surface area (Å²) in [6.07, 6.45) is 3.17. The second-order valence-electron chi connectivity index (χ2n) is 4.65. The van der Waals surface area contributed by atoms with Crippen molar-refractivity contribution >= 4 is 27.1 Å². The predicted molar refractivity (Wildman–Crippen MR) is 89.0 cm³/mol. The van der Waals surface area contributed by atoms with Crippen molar-refractivity contribution in [2.24, 2.45) is 4.99 Å². The van der Waals surface area contributed by atoms with E-state index in [1.807, 2.05) is 36.4 Å². The number of fused-ring (bicyclic) bond motifs is 1. The molecule has 7 heteroatoms. The van der Waals surface area contributed by atoms with E-state index in [4.69, 9.17) is 0 Å². The quantitative estimate of drug-likeness (QED) is 0.448. The number of aromatic nitrogens is 3. The molecule has 0 saturated carbocycles. The van der Waals surface area contributed by atoms with Gasteiger partial charge in [-0.05, 0) is 0 Å². The Hall–Kier alpha value is -2.59. The number of para-hydroxylation sites is 1. The third kappa shape index (κ3) is 3.12. The molecule has 114 valence electrons. The molecule has 0 radical (unpaired) electrons. The van der Waals surface area contributed by atoms with Crippen molar-refractivity contribution in [3.63, 3.8) is 0 Å². The molecule has 23 heavy (non-hydrogen) atoms. The van der Waals surface area contributed by atoms with Gasteiger partial charge in [0, 0.05) is 0 Å². The number of nitrogens with one attached hydrogen (secondary N) is 2. The molecular weight excluding hydrogens is 462 g/mol. The molecule has 0 fully saturated rings. The van der Waals surface area contributed by atoms with Crippen LogP contribution < -0.4 is 10.9 Å². The first-order valence-corrected chi connectivity index (χ1v) is 8.49. The summed E-state index contributed by atoms with van der Waals surface area (Å²) in [5.41, 5.74) is 1.44. The van der Waals surface area contributed by atoms with Crippen LogP contribution in [0.4, 0.5) is 5.82 Å². The number of hydrogen-bond donors (Lipinski definition) is 2. The normalized spacial score (nSPS) is 11.4. The third-order valence-electron chi connectivity index (χ3n) is 3.24. The van der Waals surface area contributed by atoms with Gasteiger partial charge >= 0.3 is 143 Å². The zero-order valence-corrected chi connectivity index (χ0v) is 15.0. The number of amidine groups is 1. The van der Waals surface area contributed by atoms with Gasteiger partial charge in [-0.25, -0.2) is 0 Å². The van der Waals surface area contributed by atoms with Gasteiger partial charge in [0.05, 0.1) is 0 Å². The van der Waals surface area contributed by atoms with Gasteiger partial charge in [0.2, 0.25) is 0 Å². The van der Waals surface area contributed by atoms with Gasteiger partial charge in [-0.15, -0.1) is 0 Å². The average molecular weight is 475 g/mol. The Labute approximate surface area is 143 Å². The number of aliphatic imine (C=N–C) groups is 1. The second-order valence-corrected chi connectivity index (χ2v) is 5.40. The summed E-state index contributed by atoms with van der Waals surface area (Å²) in [5, 5.41) is 6.44. The number of benzene rings is 1. The maximum absolute atomic E-state index is 12.1. The van der Waals surface area contributed by atoms with Crippen molar-refractivity contribution in [3.05, 3.63) is 65.6 Å². The molecule has 0 aliphatic heterocycles. The number of anilines is 1. The topological polar surface area (TPSA) is 75.1 Å². The van der Waals surface area contributed by atoms with Gasteiger partial charge < -0.3 is 0 Å². The van der Waals surface area contributed by atoms with Gasteiger partial charge in [0.15, 0.2) is 0 Å². The number of H-pyrrole nitrogens is 1. The van der Waals surface area contributed by atoms with Crippen molar-refractivity contribution in [2.75, 3.05) is 5.32 Å². The van der Waals surface area contributed by atoms with Gasteiger partial charge in [0.1, 0.15) is 0 Å². The maximum atomic E-state index is 12.1. The Balaban J connectivity index is 2.12. The molecule has 0 amide bonds. The first-order chi connectivity index (χ1) is 11.2. The minimum atomic E-state index is -0.175. The summed E-state index contributed by atoms with van der Waals surface area (Å²) < 4.78 is 3.49. The van der Waals surface area contributed by atoms with Crippen LogP contribution in [-0.2, 0) is 19.4 Å². The molecule has 0 bridgehead atoms. The molecule has 6 nitrogen and oxygen atoms in total. The van der Waals surface area contributed by atoms with E-state index >= 15 is 0 Å². The minimum absolute atomic E-state index is 0.175. The van der Waals surface area contributed by atoms with Crippen LogP contribution in [0.2, 0.25) is 0 Å². The molecule has 0 spiro atoms. The molecular formula is C16H13N5OW. The number of hydrogen-bond acceptors (Lipinski definition) is 3. The van der Waals surface area contributed by atoms with Gasteiger partial charge in [-0.3, -0.25) is 0 Å². The average Bonchev–Trinajstić information content (AvgIpc) is 2.91. The molecule has 2 heterocycles. The van der Waals surface area contributed by atoms with E-state index in [0.717, 1.165) is 11.2 Å². The Morgan fingerprint density at radius 3 is 2.87 bits per heavy atom. The fourth-order valence-electron chi connectivity index (χ4n) is 2.20. The van der Waals surface area contributed by atoms with Gasteiger partial charge in [-0.1, -0.05) is 0 Å². The molecule has 3 rings (SSSR count). The second kappa shape index (κ2) is 6.67. The van der Waals surface area contributed by atoms with E-state index in [-0.39, 0.29) is 5.56 Å². The standard InChI is InChI=1S/C16H13N5O.W/c1-3-14(17-2)19-15-9-13-12(10-18-15)16(22)20-21(13)11-7-5-4-6-8-11;/h2-10H,1H2,(H,18,19)(H,20,22);.